The van der Waals surface area contributed by atoms with E-state index in [1.54, 1.807) is 0 Å². The zero-order valence-electron chi connectivity index (χ0n) is 9.42. The van der Waals surface area contributed by atoms with Crippen molar-refractivity contribution in [3.05, 3.63) is 35.4 Å². The van der Waals surface area contributed by atoms with E-state index in [1.807, 2.05) is 13.8 Å². The molecule has 1 aromatic carbocycles. The summed E-state index contributed by atoms with van der Waals surface area (Å²) in [4.78, 5) is 10.0. The molecule has 0 amide bonds. The molecule has 78 valence electrons. The van der Waals surface area contributed by atoms with Gasteiger partial charge in [0.1, 0.15) is 6.29 Å². The number of hydrogen-bond acceptors (Lipinski definition) is 1. The lowest BCUT2D eigenvalue weighted by atomic mass is 10.1. The summed E-state index contributed by atoms with van der Waals surface area (Å²) in [5.41, 5.74) is 2.61. The Morgan fingerprint density at radius 1 is 1.14 bits per heavy atom. The van der Waals surface area contributed by atoms with E-state index in [-0.39, 0.29) is 0 Å². The maximum absolute atomic E-state index is 10.0. The highest BCUT2D eigenvalue weighted by Gasteiger charge is 1.91. The Morgan fingerprint density at radius 3 is 2.21 bits per heavy atom. The van der Waals surface area contributed by atoms with Gasteiger partial charge in [-0.1, -0.05) is 43.7 Å². The summed E-state index contributed by atoms with van der Waals surface area (Å²) >= 11 is 0. The molecule has 0 saturated carbocycles. The molecule has 0 N–H and O–H groups in total. The molecule has 0 radical (unpaired) electrons. The summed E-state index contributed by atoms with van der Waals surface area (Å²) in [5, 5.41) is 0. The smallest absolute Gasteiger partial charge is 0.120 e. The van der Waals surface area contributed by atoms with Crippen molar-refractivity contribution in [3.63, 3.8) is 0 Å². The van der Waals surface area contributed by atoms with Crippen LogP contribution in [-0.4, -0.2) is 6.29 Å². The first-order chi connectivity index (χ1) is 6.83. The van der Waals surface area contributed by atoms with Crippen LogP contribution in [0.15, 0.2) is 24.3 Å². The van der Waals surface area contributed by atoms with Gasteiger partial charge in [-0.2, -0.15) is 0 Å². The molecule has 0 unspecified atom stereocenters. The van der Waals surface area contributed by atoms with E-state index in [0.29, 0.717) is 6.42 Å². The lowest BCUT2D eigenvalue weighted by Crippen LogP contribution is -1.85. The predicted molar refractivity (Wildman–Crippen MR) is 61.5 cm³/mol. The Balaban J connectivity index is 0.000000791. The van der Waals surface area contributed by atoms with E-state index in [9.17, 15) is 4.79 Å². The maximum atomic E-state index is 10.0. The third-order valence-corrected chi connectivity index (χ3v) is 1.91. The van der Waals surface area contributed by atoms with Crippen LogP contribution in [0.3, 0.4) is 0 Å². The third kappa shape index (κ3) is 5.52. The van der Waals surface area contributed by atoms with Gasteiger partial charge in [-0.25, -0.2) is 0 Å². The second-order valence-corrected chi connectivity index (χ2v) is 3.04. The van der Waals surface area contributed by atoms with Gasteiger partial charge in [0.25, 0.3) is 0 Å². The Labute approximate surface area is 87.2 Å². The summed E-state index contributed by atoms with van der Waals surface area (Å²) in [7, 11) is 0. The quantitative estimate of drug-likeness (QED) is 0.526. The summed E-state index contributed by atoms with van der Waals surface area (Å²) in [6.45, 7) is 6.08. The molecule has 1 rings (SSSR count). The lowest BCUT2D eigenvalue weighted by molar-refractivity contribution is -0.107. The van der Waals surface area contributed by atoms with E-state index in [2.05, 4.69) is 31.2 Å². The molecular formula is C13H20O. The van der Waals surface area contributed by atoms with Crippen molar-refractivity contribution in [1.82, 2.24) is 0 Å². The Kier molecular flexibility index (Phi) is 7.81. The SMILES string of the molecule is CC.Cc1ccc(CCCC=O)cc1. The second kappa shape index (κ2) is 8.49. The van der Waals surface area contributed by atoms with Crippen LogP contribution >= 0.6 is 0 Å². The standard InChI is InChI=1S/C11H14O.C2H6/c1-10-5-7-11(8-6-10)4-2-3-9-12;1-2/h5-9H,2-4H2,1H3;1-2H3. The number of unbranched alkanes of at least 4 members (excludes halogenated alkanes) is 1. The summed E-state index contributed by atoms with van der Waals surface area (Å²) < 4.78 is 0. The van der Waals surface area contributed by atoms with Crippen molar-refractivity contribution in [1.29, 1.82) is 0 Å². The van der Waals surface area contributed by atoms with E-state index in [4.69, 9.17) is 0 Å². The van der Waals surface area contributed by atoms with Crippen LogP contribution in [0.1, 0.15) is 37.8 Å². The lowest BCUT2D eigenvalue weighted by Gasteiger charge is -1.98. The van der Waals surface area contributed by atoms with Crippen molar-refractivity contribution in [2.75, 3.05) is 0 Å². The van der Waals surface area contributed by atoms with Crippen LogP contribution < -0.4 is 0 Å². The minimum absolute atomic E-state index is 0.674. The number of carbonyl (C=O) groups excluding carboxylic acids is 1. The highest BCUT2D eigenvalue weighted by atomic mass is 16.1. The number of aryl methyl sites for hydroxylation is 2. The fraction of sp³-hybridized carbons (Fsp3) is 0.462. The average molecular weight is 192 g/mol. The normalized spacial score (nSPS) is 8.79. The first kappa shape index (κ1) is 12.9. The number of rotatable bonds is 4. The minimum atomic E-state index is 0.674. The predicted octanol–water partition coefficient (Wildman–Crippen LogP) is 3.54. The number of carbonyl (C=O) groups is 1. The van der Waals surface area contributed by atoms with Gasteiger partial charge in [0, 0.05) is 6.42 Å². The van der Waals surface area contributed by atoms with E-state index in [1.165, 1.54) is 11.1 Å². The van der Waals surface area contributed by atoms with E-state index >= 15 is 0 Å². The largest absolute Gasteiger partial charge is 0.303 e. The van der Waals surface area contributed by atoms with Gasteiger partial charge in [-0.05, 0) is 25.3 Å². The molecule has 0 aliphatic heterocycles. The molecule has 1 nitrogen and oxygen atoms in total. The van der Waals surface area contributed by atoms with Crippen LogP contribution in [-0.2, 0) is 11.2 Å². The van der Waals surface area contributed by atoms with Crippen molar-refractivity contribution in [2.45, 2.75) is 40.0 Å². The number of benzene rings is 1. The summed E-state index contributed by atoms with van der Waals surface area (Å²) in [6.07, 6.45) is 3.63. The van der Waals surface area contributed by atoms with Gasteiger partial charge >= 0.3 is 0 Å². The molecule has 14 heavy (non-hydrogen) atoms. The van der Waals surface area contributed by atoms with Crippen LogP contribution in [0, 0.1) is 6.92 Å². The van der Waals surface area contributed by atoms with Gasteiger partial charge in [0.2, 0.25) is 0 Å². The first-order valence-corrected chi connectivity index (χ1v) is 5.32. The zero-order valence-corrected chi connectivity index (χ0v) is 9.42. The maximum Gasteiger partial charge on any atom is 0.120 e. The molecule has 0 heterocycles. The highest BCUT2D eigenvalue weighted by Crippen LogP contribution is 2.06. The zero-order chi connectivity index (χ0) is 10.8. The molecule has 0 saturated heterocycles. The molecule has 0 aliphatic rings. The fourth-order valence-corrected chi connectivity index (χ4v) is 1.14. The van der Waals surface area contributed by atoms with Crippen LogP contribution in [0.25, 0.3) is 0 Å². The highest BCUT2D eigenvalue weighted by molar-refractivity contribution is 5.49. The monoisotopic (exact) mass is 192 g/mol. The van der Waals surface area contributed by atoms with Gasteiger partial charge in [0.05, 0.1) is 0 Å². The van der Waals surface area contributed by atoms with Gasteiger partial charge in [0.15, 0.2) is 0 Å². The molecule has 0 atom stereocenters. The Hall–Kier alpha value is -1.11. The molecule has 0 aliphatic carbocycles. The van der Waals surface area contributed by atoms with Crippen LogP contribution in [0.5, 0.6) is 0 Å². The molecule has 1 aromatic rings. The summed E-state index contributed by atoms with van der Waals surface area (Å²) in [5.74, 6) is 0. The second-order valence-electron chi connectivity index (χ2n) is 3.04. The minimum Gasteiger partial charge on any atom is -0.303 e. The van der Waals surface area contributed by atoms with Crippen molar-refractivity contribution in [2.24, 2.45) is 0 Å². The molecular weight excluding hydrogens is 172 g/mol. The topological polar surface area (TPSA) is 17.1 Å². The van der Waals surface area contributed by atoms with Crippen molar-refractivity contribution in [3.8, 4) is 0 Å². The Bertz CT molecular complexity index is 236. The average Bonchev–Trinajstić information content (AvgIpc) is 2.24. The van der Waals surface area contributed by atoms with E-state index < -0.39 is 0 Å². The van der Waals surface area contributed by atoms with Crippen LogP contribution in [0.2, 0.25) is 0 Å². The number of aldehydes is 1. The van der Waals surface area contributed by atoms with Gasteiger partial charge in [-0.15, -0.1) is 0 Å². The van der Waals surface area contributed by atoms with Gasteiger partial charge in [-0.3, -0.25) is 0 Å². The van der Waals surface area contributed by atoms with Crippen LogP contribution in [0.4, 0.5) is 0 Å². The molecule has 0 aromatic heterocycles. The van der Waals surface area contributed by atoms with E-state index in [0.717, 1.165) is 19.1 Å². The molecule has 1 heteroatoms. The van der Waals surface area contributed by atoms with Crippen molar-refractivity contribution < 1.29 is 4.79 Å². The molecule has 0 spiro atoms. The third-order valence-electron chi connectivity index (χ3n) is 1.91. The fourth-order valence-electron chi connectivity index (χ4n) is 1.14. The summed E-state index contributed by atoms with van der Waals surface area (Å²) in [6, 6.07) is 8.47. The Morgan fingerprint density at radius 2 is 1.71 bits per heavy atom. The van der Waals surface area contributed by atoms with Crippen molar-refractivity contribution >= 4 is 6.29 Å². The van der Waals surface area contributed by atoms with Gasteiger partial charge < -0.3 is 4.79 Å². The number of hydrogen-bond donors (Lipinski definition) is 0. The molecule has 0 bridgehead atoms. The molecule has 0 fully saturated rings. The first-order valence-electron chi connectivity index (χ1n) is 5.32.